The largest absolute Gasteiger partial charge is 0.496 e. The Balaban J connectivity index is 0.698. The molecule has 2 saturated heterocycles. The summed E-state index contributed by atoms with van der Waals surface area (Å²) in [7, 11) is 3.75. The van der Waals surface area contributed by atoms with Crippen LogP contribution >= 0.6 is 11.6 Å². The first-order valence-corrected chi connectivity index (χ1v) is 24.3. The minimum Gasteiger partial charge on any atom is -0.496 e. The highest BCUT2D eigenvalue weighted by Crippen LogP contribution is 2.40. The van der Waals surface area contributed by atoms with Gasteiger partial charge >= 0.3 is 5.97 Å². The zero-order valence-electron chi connectivity index (χ0n) is 38.8. The number of pyridine rings is 2. The molecule has 0 unspecified atom stereocenters. The smallest absolute Gasteiger partial charge is 0.343 e. The second-order valence-electron chi connectivity index (χ2n) is 19.1. The molecule has 2 N–H and O–H groups in total. The van der Waals surface area contributed by atoms with Crippen LogP contribution in [0, 0.1) is 17.2 Å². The van der Waals surface area contributed by atoms with Gasteiger partial charge in [-0.1, -0.05) is 18.5 Å². The van der Waals surface area contributed by atoms with E-state index in [4.69, 9.17) is 26.1 Å². The molecule has 0 spiro atoms. The minimum absolute atomic E-state index is 0.0760. The fraction of sp³-hybridized carbons (Fsp3) is 0.471. The van der Waals surface area contributed by atoms with Crippen LogP contribution in [0.1, 0.15) is 90.2 Å². The number of hydrogen-bond donors (Lipinski definition) is 2. The Morgan fingerprint density at radius 1 is 0.985 bits per heavy atom. The summed E-state index contributed by atoms with van der Waals surface area (Å²) in [6.45, 7) is 9.24. The van der Waals surface area contributed by atoms with Gasteiger partial charge in [-0.05, 0) is 105 Å². The van der Waals surface area contributed by atoms with Crippen molar-refractivity contribution in [1.82, 2.24) is 34.9 Å². The molecule has 17 heteroatoms. The van der Waals surface area contributed by atoms with Crippen molar-refractivity contribution in [2.45, 2.75) is 89.3 Å². The molecule has 0 bridgehead atoms. The maximum absolute atomic E-state index is 13.7. The number of nitrogens with one attached hydrogen (secondary N) is 1. The van der Waals surface area contributed by atoms with Crippen LogP contribution in [0.2, 0.25) is 5.02 Å². The maximum Gasteiger partial charge on any atom is 0.343 e. The Hall–Kier alpha value is -6.12. The van der Waals surface area contributed by atoms with E-state index >= 15 is 0 Å². The summed E-state index contributed by atoms with van der Waals surface area (Å²) < 4.78 is 12.8. The number of nitrogens with zero attached hydrogens (tertiary/aromatic N) is 9. The second-order valence-corrected chi connectivity index (χ2v) is 19.5. The van der Waals surface area contributed by atoms with Crippen molar-refractivity contribution < 1.29 is 24.2 Å². The summed E-state index contributed by atoms with van der Waals surface area (Å²) in [5.41, 5.74) is 4.31. The summed E-state index contributed by atoms with van der Waals surface area (Å²) in [5, 5.41) is 34.0. The number of aromatic nitrogens is 4. The van der Waals surface area contributed by atoms with Gasteiger partial charge in [0.25, 0.3) is 11.5 Å². The number of cyclic esters (lactones) is 1. The van der Waals surface area contributed by atoms with Gasteiger partial charge in [0.05, 0.1) is 46.7 Å². The first-order valence-electron chi connectivity index (χ1n) is 23.9. The molecule has 5 aromatic rings. The number of amides is 1. The van der Waals surface area contributed by atoms with E-state index in [2.05, 4.69) is 54.3 Å². The molecule has 10 rings (SSSR count). The lowest BCUT2D eigenvalue weighted by Crippen LogP contribution is -2.48. The highest BCUT2D eigenvalue weighted by Gasteiger charge is 2.45. The van der Waals surface area contributed by atoms with Crippen molar-refractivity contribution in [3.05, 3.63) is 103 Å². The number of esters is 1. The predicted octanol–water partition coefficient (Wildman–Crippen LogP) is 5.61. The summed E-state index contributed by atoms with van der Waals surface area (Å²) >= 11 is 6.29. The monoisotopic (exact) mass is 940 g/mol. The number of piperazine rings is 1. The minimum atomic E-state index is -1.87. The molecule has 5 aliphatic rings. The molecule has 7 heterocycles. The van der Waals surface area contributed by atoms with Gasteiger partial charge in [-0.3, -0.25) is 14.5 Å². The molecule has 1 atom stereocenters. The molecule has 0 radical (unpaired) electrons. The number of nitriles is 1. The highest BCUT2D eigenvalue weighted by molar-refractivity contribution is 6.32. The molecule has 16 nitrogen and oxygen atoms in total. The van der Waals surface area contributed by atoms with Gasteiger partial charge in [0.2, 0.25) is 0 Å². The van der Waals surface area contributed by atoms with E-state index in [0.29, 0.717) is 63.8 Å². The van der Waals surface area contributed by atoms with Crippen LogP contribution in [-0.2, 0) is 34.8 Å². The standard InChI is InChI=1S/C51H57ClN10O6/c1-4-51(66)40-25-44-47-33(28-62(44)49(64)39(40)30-68-50(51)65)23-37-38(45(67-3)13-11-42(37)55-47)29-60-21-19-59(20-22-60)27-31-15-17-61(18-16-31)46-14-12-43(56-57-46)48(63)54-34-6-9-35(10-7-34)58(2)36-8-5-32(26-53)41(52)24-36/h5,8,11-14,23-25,31,34-35,66H,4,6-7,9-10,15-22,27-30H2,1-3H3,(H,54,63)/t34-,35-,51-/m0/s1. The van der Waals surface area contributed by atoms with Gasteiger partial charge in [0.15, 0.2) is 17.1 Å². The van der Waals surface area contributed by atoms with Crippen LogP contribution in [-0.4, -0.2) is 119 Å². The normalized spacial score (nSPS) is 21.9. The van der Waals surface area contributed by atoms with Crippen molar-refractivity contribution in [2.75, 3.05) is 69.8 Å². The van der Waals surface area contributed by atoms with Crippen LogP contribution in [0.25, 0.3) is 22.3 Å². The Morgan fingerprint density at radius 2 is 1.75 bits per heavy atom. The average molecular weight is 942 g/mol. The molecule has 1 aliphatic carbocycles. The van der Waals surface area contributed by atoms with Crippen molar-refractivity contribution in [3.8, 4) is 23.2 Å². The number of benzene rings is 2. The summed E-state index contributed by atoms with van der Waals surface area (Å²) in [4.78, 5) is 54.2. The number of halogens is 1. The number of fused-ring (bicyclic) bond motifs is 5. The zero-order chi connectivity index (χ0) is 47.3. The molecule has 68 heavy (non-hydrogen) atoms. The van der Waals surface area contributed by atoms with Gasteiger partial charge in [0, 0.05) is 99.3 Å². The molecule has 2 aromatic carbocycles. The number of hydrogen-bond acceptors (Lipinski definition) is 14. The van der Waals surface area contributed by atoms with Gasteiger partial charge in [0.1, 0.15) is 18.4 Å². The summed E-state index contributed by atoms with van der Waals surface area (Å²) in [5.74, 6) is 1.27. The van der Waals surface area contributed by atoms with E-state index < -0.39 is 11.6 Å². The molecular formula is C51H57ClN10O6. The highest BCUT2D eigenvalue weighted by atomic mass is 35.5. The average Bonchev–Trinajstić information content (AvgIpc) is 3.73. The van der Waals surface area contributed by atoms with Crippen LogP contribution in [0.15, 0.2) is 59.4 Å². The number of ether oxygens (including phenoxy) is 2. The number of aliphatic hydroxyl groups is 1. The second kappa shape index (κ2) is 18.8. The number of carbonyl (C=O) groups excluding carboxylic acids is 2. The quantitative estimate of drug-likeness (QED) is 0.153. The maximum atomic E-state index is 13.7. The Labute approximate surface area is 400 Å². The van der Waals surface area contributed by atoms with Crippen LogP contribution in [0.4, 0.5) is 11.5 Å². The van der Waals surface area contributed by atoms with E-state index in [1.165, 1.54) is 0 Å². The lowest BCUT2D eigenvalue weighted by molar-refractivity contribution is -0.172. The summed E-state index contributed by atoms with van der Waals surface area (Å²) in [6, 6.07) is 19.5. The first-order chi connectivity index (χ1) is 32.9. The zero-order valence-corrected chi connectivity index (χ0v) is 39.6. The third kappa shape index (κ3) is 8.54. The van der Waals surface area contributed by atoms with Crippen LogP contribution in [0.5, 0.6) is 5.75 Å². The molecular weight excluding hydrogens is 884 g/mol. The summed E-state index contributed by atoms with van der Waals surface area (Å²) in [6.07, 6.45) is 5.81. The lowest BCUT2D eigenvalue weighted by atomic mass is 9.86. The SMILES string of the molecule is CC[C@@]1(O)C(=O)OCc2c1cc1n(c2=O)Cc2cc3c(CN4CCN(CC5CCN(c6ccc(C(=O)N[C@H]7CC[C@H](N(C)c8ccc(C#N)c(Cl)c8)CC7)nn6)CC5)CC4)c(OC)ccc3nc2-1. The number of anilines is 2. The van der Waals surface area contributed by atoms with E-state index in [1.54, 1.807) is 36.8 Å². The van der Waals surface area contributed by atoms with Crippen LogP contribution in [0.3, 0.4) is 0 Å². The van der Waals surface area contributed by atoms with E-state index in [0.717, 1.165) is 124 Å². The molecule has 1 amide bonds. The van der Waals surface area contributed by atoms with E-state index in [1.807, 2.05) is 30.3 Å². The lowest BCUT2D eigenvalue weighted by Gasteiger charge is -2.39. The van der Waals surface area contributed by atoms with Crippen LogP contribution < -0.4 is 25.4 Å². The number of rotatable bonds is 11. The molecule has 354 valence electrons. The Kier molecular flexibility index (Phi) is 12.6. The van der Waals surface area contributed by atoms with Gasteiger partial charge < -0.3 is 39.2 Å². The van der Waals surface area contributed by atoms with E-state index in [-0.39, 0.29) is 30.5 Å². The molecule has 4 aliphatic heterocycles. The van der Waals surface area contributed by atoms with Crippen molar-refractivity contribution in [3.63, 3.8) is 0 Å². The number of piperidine rings is 1. The molecule has 3 fully saturated rings. The topological polar surface area (TPSA) is 182 Å². The van der Waals surface area contributed by atoms with Gasteiger partial charge in [-0.2, -0.15) is 5.26 Å². The van der Waals surface area contributed by atoms with Crippen molar-refractivity contribution in [1.29, 1.82) is 5.26 Å². The third-order valence-electron chi connectivity index (χ3n) is 15.2. The van der Waals surface area contributed by atoms with Gasteiger partial charge in [-0.15, -0.1) is 10.2 Å². The number of carbonyl (C=O) groups is 2. The molecule has 1 saturated carbocycles. The Morgan fingerprint density at radius 3 is 2.44 bits per heavy atom. The Bertz CT molecular complexity index is 2860. The van der Waals surface area contributed by atoms with E-state index in [9.17, 15) is 24.8 Å². The number of methoxy groups -OCH3 is 1. The predicted molar refractivity (Wildman–Crippen MR) is 258 cm³/mol. The van der Waals surface area contributed by atoms with Crippen molar-refractivity contribution in [2.24, 2.45) is 5.92 Å². The fourth-order valence-electron chi connectivity index (χ4n) is 11.0. The van der Waals surface area contributed by atoms with Gasteiger partial charge in [-0.25, -0.2) is 9.78 Å². The molecule has 3 aromatic heterocycles. The van der Waals surface area contributed by atoms with Crippen molar-refractivity contribution >= 4 is 45.9 Å². The first kappa shape index (κ1) is 45.7. The fourth-order valence-corrected chi connectivity index (χ4v) is 11.2. The third-order valence-corrected chi connectivity index (χ3v) is 15.5.